The number of rotatable bonds is 6. The van der Waals surface area contributed by atoms with Crippen LogP contribution in [0.5, 0.6) is 0 Å². The molecule has 2 N–H and O–H groups in total. The van der Waals surface area contributed by atoms with Gasteiger partial charge in [0.05, 0.1) is 11.4 Å². The van der Waals surface area contributed by atoms with Gasteiger partial charge in [-0.3, -0.25) is 4.98 Å². The Morgan fingerprint density at radius 3 is 1.91 bits per heavy atom. The van der Waals surface area contributed by atoms with Crippen molar-refractivity contribution in [2.24, 2.45) is 5.92 Å². The van der Waals surface area contributed by atoms with Gasteiger partial charge in [-0.2, -0.15) is 0 Å². The second-order valence-electron chi connectivity index (χ2n) is 8.73. The first-order valence-electron chi connectivity index (χ1n) is 10.8. The van der Waals surface area contributed by atoms with Gasteiger partial charge in [0, 0.05) is 41.4 Å². The molecule has 0 amide bonds. The van der Waals surface area contributed by atoms with E-state index in [1.54, 1.807) is 24.7 Å². The Balaban J connectivity index is 1.64. The standard InChI is InChI=1S/C25H26N6O2S/c1-16(2)25(3,20-8-5-17(6-9-20)19-14-28-24(26)29-15-19)22-11-7-18(13-27-22)21-10-12-23(31-30-21)34(4,32)33/h5-16H,1-4H3,(H2,26,28,29). The lowest BCUT2D eigenvalue weighted by atomic mass is 9.70. The lowest BCUT2D eigenvalue weighted by Gasteiger charge is -2.34. The zero-order valence-corrected chi connectivity index (χ0v) is 20.3. The fourth-order valence-corrected chi connectivity index (χ4v) is 4.30. The predicted octanol–water partition coefficient (Wildman–Crippen LogP) is 3.94. The molecule has 4 rings (SSSR count). The molecule has 8 nitrogen and oxygen atoms in total. The van der Waals surface area contributed by atoms with Gasteiger partial charge in [-0.1, -0.05) is 38.1 Å². The van der Waals surface area contributed by atoms with Crippen molar-refractivity contribution in [2.45, 2.75) is 31.2 Å². The van der Waals surface area contributed by atoms with Crippen LogP contribution in [0.3, 0.4) is 0 Å². The molecule has 3 aromatic heterocycles. The summed E-state index contributed by atoms with van der Waals surface area (Å²) in [4.78, 5) is 12.9. The topological polar surface area (TPSA) is 125 Å². The van der Waals surface area contributed by atoms with Crippen LogP contribution in [0, 0.1) is 5.92 Å². The molecule has 174 valence electrons. The van der Waals surface area contributed by atoms with Crippen LogP contribution < -0.4 is 5.73 Å². The van der Waals surface area contributed by atoms with Gasteiger partial charge < -0.3 is 5.73 Å². The third-order valence-electron chi connectivity index (χ3n) is 6.26. The molecule has 0 fully saturated rings. The molecule has 0 aliphatic rings. The average molecular weight is 475 g/mol. The number of benzene rings is 1. The van der Waals surface area contributed by atoms with Crippen LogP contribution in [0.2, 0.25) is 0 Å². The summed E-state index contributed by atoms with van der Waals surface area (Å²) in [5.41, 5.74) is 10.6. The van der Waals surface area contributed by atoms with Crippen molar-refractivity contribution in [1.29, 1.82) is 0 Å². The molecule has 1 aromatic carbocycles. The summed E-state index contributed by atoms with van der Waals surface area (Å²) < 4.78 is 23.2. The van der Waals surface area contributed by atoms with Crippen LogP contribution in [0.15, 0.2) is 72.1 Å². The van der Waals surface area contributed by atoms with Crippen molar-refractivity contribution in [3.05, 3.63) is 78.4 Å². The van der Waals surface area contributed by atoms with Crippen LogP contribution in [-0.4, -0.2) is 39.8 Å². The fraction of sp³-hybridized carbons (Fsp3) is 0.240. The zero-order chi connectivity index (χ0) is 24.5. The molecule has 0 saturated heterocycles. The Kier molecular flexibility index (Phi) is 6.14. The molecule has 3 heterocycles. The minimum absolute atomic E-state index is 0.0535. The highest BCUT2D eigenvalue weighted by Crippen LogP contribution is 2.39. The van der Waals surface area contributed by atoms with E-state index in [0.29, 0.717) is 5.69 Å². The lowest BCUT2D eigenvalue weighted by Crippen LogP contribution is -2.31. The summed E-state index contributed by atoms with van der Waals surface area (Å²) in [7, 11) is -3.39. The first-order valence-corrected chi connectivity index (χ1v) is 12.7. The molecule has 34 heavy (non-hydrogen) atoms. The predicted molar refractivity (Wildman–Crippen MR) is 132 cm³/mol. The highest BCUT2D eigenvalue weighted by molar-refractivity contribution is 7.90. The maximum absolute atomic E-state index is 11.6. The third kappa shape index (κ3) is 4.51. The van der Waals surface area contributed by atoms with Crippen molar-refractivity contribution in [1.82, 2.24) is 25.1 Å². The number of nitrogens with zero attached hydrogens (tertiary/aromatic N) is 5. The summed E-state index contributed by atoms with van der Waals surface area (Å²) in [6.07, 6.45) is 6.28. The molecule has 9 heteroatoms. The van der Waals surface area contributed by atoms with Gasteiger partial charge >= 0.3 is 0 Å². The number of nitrogens with two attached hydrogens (primary N) is 1. The van der Waals surface area contributed by atoms with Crippen LogP contribution in [0.4, 0.5) is 5.95 Å². The first kappa shape index (κ1) is 23.4. The highest BCUT2D eigenvalue weighted by atomic mass is 32.2. The average Bonchev–Trinajstić information content (AvgIpc) is 2.84. The number of nitrogen functional groups attached to an aromatic ring is 1. The highest BCUT2D eigenvalue weighted by Gasteiger charge is 2.34. The van der Waals surface area contributed by atoms with Crippen LogP contribution in [0.25, 0.3) is 22.4 Å². The van der Waals surface area contributed by atoms with E-state index in [1.165, 1.54) is 6.07 Å². The molecular weight excluding hydrogens is 448 g/mol. The van der Waals surface area contributed by atoms with Crippen molar-refractivity contribution in [3.8, 4) is 22.4 Å². The summed E-state index contributed by atoms with van der Waals surface area (Å²) in [5, 5.41) is 7.83. The van der Waals surface area contributed by atoms with E-state index < -0.39 is 9.84 Å². The molecule has 0 aliphatic heterocycles. The molecule has 1 unspecified atom stereocenters. The smallest absolute Gasteiger partial charge is 0.219 e. The molecule has 0 bridgehead atoms. The SMILES string of the molecule is CC(C)C(C)(c1ccc(-c2cnc(N)nc2)cc1)c1ccc(-c2ccc(S(C)(=O)=O)nn2)cn1. The van der Waals surface area contributed by atoms with Crippen LogP contribution >= 0.6 is 0 Å². The van der Waals surface area contributed by atoms with Gasteiger partial charge in [-0.25, -0.2) is 18.4 Å². The molecule has 1 atom stereocenters. The van der Waals surface area contributed by atoms with Gasteiger partial charge in [0.2, 0.25) is 5.95 Å². The van der Waals surface area contributed by atoms with Gasteiger partial charge in [0.15, 0.2) is 14.9 Å². The Morgan fingerprint density at radius 2 is 1.41 bits per heavy atom. The first-order chi connectivity index (χ1) is 16.1. The number of sulfone groups is 1. The van der Waals surface area contributed by atoms with Crippen molar-refractivity contribution >= 4 is 15.8 Å². The van der Waals surface area contributed by atoms with E-state index in [1.807, 2.05) is 12.1 Å². The van der Waals surface area contributed by atoms with Crippen molar-refractivity contribution < 1.29 is 8.42 Å². The van der Waals surface area contributed by atoms with E-state index in [4.69, 9.17) is 10.7 Å². The van der Waals surface area contributed by atoms with Crippen molar-refractivity contribution in [3.63, 3.8) is 0 Å². The van der Waals surface area contributed by atoms with E-state index in [9.17, 15) is 8.42 Å². The van der Waals surface area contributed by atoms with Gasteiger partial charge in [-0.05, 0) is 48.2 Å². The van der Waals surface area contributed by atoms with E-state index >= 15 is 0 Å². The second-order valence-corrected chi connectivity index (χ2v) is 10.7. The van der Waals surface area contributed by atoms with Crippen LogP contribution in [0.1, 0.15) is 32.0 Å². The summed E-state index contributed by atoms with van der Waals surface area (Å²) >= 11 is 0. The quantitative estimate of drug-likeness (QED) is 0.445. The molecule has 4 aromatic rings. The Hall–Kier alpha value is -3.72. The number of anilines is 1. The van der Waals surface area contributed by atoms with E-state index in [-0.39, 0.29) is 22.3 Å². The maximum Gasteiger partial charge on any atom is 0.219 e. The molecular formula is C25H26N6O2S. The molecule has 0 spiro atoms. The van der Waals surface area contributed by atoms with Crippen molar-refractivity contribution in [2.75, 3.05) is 12.0 Å². The Labute approximate surface area is 199 Å². The Bertz CT molecular complexity index is 1390. The lowest BCUT2D eigenvalue weighted by molar-refractivity contribution is 0.395. The van der Waals surface area contributed by atoms with Crippen LogP contribution in [-0.2, 0) is 15.3 Å². The number of aromatic nitrogens is 5. The van der Waals surface area contributed by atoms with E-state index in [2.05, 4.69) is 65.2 Å². The van der Waals surface area contributed by atoms with Gasteiger partial charge in [0.25, 0.3) is 0 Å². The summed E-state index contributed by atoms with van der Waals surface area (Å²) in [6.45, 7) is 6.53. The minimum Gasteiger partial charge on any atom is -0.368 e. The number of hydrogen-bond acceptors (Lipinski definition) is 8. The Morgan fingerprint density at radius 1 is 0.794 bits per heavy atom. The largest absolute Gasteiger partial charge is 0.368 e. The van der Waals surface area contributed by atoms with Gasteiger partial charge in [-0.15, -0.1) is 10.2 Å². The summed E-state index contributed by atoms with van der Waals surface area (Å²) in [6, 6.07) is 15.3. The molecule has 0 aliphatic carbocycles. The number of pyridine rings is 1. The van der Waals surface area contributed by atoms with E-state index in [0.717, 1.165) is 34.2 Å². The number of hydrogen-bond donors (Lipinski definition) is 1. The normalized spacial score (nSPS) is 13.6. The zero-order valence-electron chi connectivity index (χ0n) is 19.5. The minimum atomic E-state index is -3.39. The van der Waals surface area contributed by atoms with Gasteiger partial charge in [0.1, 0.15) is 0 Å². The summed E-state index contributed by atoms with van der Waals surface area (Å²) in [5.74, 6) is 0.519. The monoisotopic (exact) mass is 474 g/mol. The molecule has 0 saturated carbocycles. The molecule has 0 radical (unpaired) electrons. The third-order valence-corrected chi connectivity index (χ3v) is 7.23. The maximum atomic E-state index is 11.6. The fourth-order valence-electron chi connectivity index (χ4n) is 3.80. The second kappa shape index (κ2) is 8.90.